The number of amides is 2. The van der Waals surface area contributed by atoms with Crippen molar-refractivity contribution in [1.82, 2.24) is 15.5 Å². The lowest BCUT2D eigenvalue weighted by atomic mass is 9.83. The number of hydrogen-bond donors (Lipinski definition) is 4. The van der Waals surface area contributed by atoms with E-state index < -0.39 is 35.6 Å². The summed E-state index contributed by atoms with van der Waals surface area (Å²) in [6.45, 7) is 5.51. The molecule has 1 heterocycles. The molecular weight excluding hydrogens is 430 g/mol. The Hall–Kier alpha value is -3.59. The van der Waals surface area contributed by atoms with Crippen LogP contribution in [0.4, 0.5) is 14.6 Å². The van der Waals surface area contributed by atoms with Crippen molar-refractivity contribution in [3.8, 4) is 0 Å². The first-order valence-electron chi connectivity index (χ1n) is 10.4. The van der Waals surface area contributed by atoms with Crippen LogP contribution in [0.15, 0.2) is 54.6 Å². The van der Waals surface area contributed by atoms with E-state index in [9.17, 15) is 23.5 Å². The predicted octanol–water partition coefficient (Wildman–Crippen LogP) is 3.39. The molecule has 2 aromatic carbocycles. The lowest BCUT2D eigenvalue weighted by Crippen LogP contribution is -2.43. The Morgan fingerprint density at radius 1 is 1.06 bits per heavy atom. The number of aliphatic hydroxyl groups excluding tert-OH is 1. The molecule has 0 fully saturated rings. The highest BCUT2D eigenvalue weighted by Crippen LogP contribution is 2.27. The van der Waals surface area contributed by atoms with Crippen LogP contribution in [-0.4, -0.2) is 33.2 Å². The number of benzene rings is 2. The summed E-state index contributed by atoms with van der Waals surface area (Å²) in [5.41, 5.74) is 1.35. The number of halogens is 2. The number of aromatic nitrogens is 2. The summed E-state index contributed by atoms with van der Waals surface area (Å²) >= 11 is 0. The van der Waals surface area contributed by atoms with Gasteiger partial charge in [0.25, 0.3) is 5.91 Å². The van der Waals surface area contributed by atoms with E-state index in [1.54, 1.807) is 6.07 Å². The van der Waals surface area contributed by atoms with E-state index in [2.05, 4.69) is 20.8 Å². The fraction of sp³-hybridized carbons (Fsp3) is 0.292. The minimum Gasteiger partial charge on any atom is -0.378 e. The molecule has 33 heavy (non-hydrogen) atoms. The fourth-order valence-electron chi connectivity index (χ4n) is 3.41. The number of H-pyrrole nitrogens is 1. The Bertz CT molecular complexity index is 1110. The van der Waals surface area contributed by atoms with E-state index in [0.29, 0.717) is 11.9 Å². The van der Waals surface area contributed by atoms with E-state index in [0.717, 1.165) is 29.8 Å². The van der Waals surface area contributed by atoms with Gasteiger partial charge in [-0.3, -0.25) is 14.7 Å². The number of aliphatic hydroxyl groups is 1. The van der Waals surface area contributed by atoms with E-state index in [4.69, 9.17) is 0 Å². The van der Waals surface area contributed by atoms with Crippen LogP contribution in [0.1, 0.15) is 43.7 Å². The van der Waals surface area contributed by atoms with Crippen LogP contribution in [0, 0.1) is 11.6 Å². The second kappa shape index (κ2) is 9.91. The molecule has 0 aliphatic carbocycles. The molecular formula is C24H26F2N4O3. The fourth-order valence-corrected chi connectivity index (χ4v) is 3.41. The summed E-state index contributed by atoms with van der Waals surface area (Å²) in [6, 6.07) is 13.0. The Morgan fingerprint density at radius 3 is 2.33 bits per heavy atom. The summed E-state index contributed by atoms with van der Waals surface area (Å²) in [4.78, 5) is 24.7. The van der Waals surface area contributed by atoms with Crippen molar-refractivity contribution in [2.75, 3.05) is 5.32 Å². The van der Waals surface area contributed by atoms with E-state index in [-0.39, 0.29) is 11.0 Å². The Kier molecular flexibility index (Phi) is 7.23. The molecule has 0 spiro atoms. The molecule has 2 amide bonds. The van der Waals surface area contributed by atoms with Gasteiger partial charge in [0, 0.05) is 17.5 Å². The van der Waals surface area contributed by atoms with Crippen molar-refractivity contribution in [2.45, 2.75) is 44.8 Å². The number of hydrogen-bond acceptors (Lipinski definition) is 4. The van der Waals surface area contributed by atoms with Gasteiger partial charge in [0.15, 0.2) is 6.10 Å². The maximum absolute atomic E-state index is 13.3. The molecule has 1 aromatic heterocycles. The van der Waals surface area contributed by atoms with E-state index >= 15 is 0 Å². The van der Waals surface area contributed by atoms with Gasteiger partial charge in [0.2, 0.25) is 5.91 Å². The molecule has 0 bridgehead atoms. The molecule has 0 radical (unpaired) electrons. The molecule has 7 nitrogen and oxygen atoms in total. The van der Waals surface area contributed by atoms with Gasteiger partial charge in [-0.1, -0.05) is 44.2 Å². The van der Waals surface area contributed by atoms with Crippen LogP contribution < -0.4 is 10.6 Å². The first-order valence-corrected chi connectivity index (χ1v) is 10.4. The SMILES string of the molecule is CC(NC(=O)[C@@H](O)c1cc(F)cc(F)c1)C(=O)Nc1cc(C(C)(C)Cc2ccccc2)n[nH]1. The zero-order chi connectivity index (χ0) is 24.2. The zero-order valence-corrected chi connectivity index (χ0v) is 18.5. The number of rotatable bonds is 8. The monoisotopic (exact) mass is 456 g/mol. The molecule has 1 unspecified atom stereocenters. The topological polar surface area (TPSA) is 107 Å². The highest BCUT2D eigenvalue weighted by atomic mass is 19.1. The van der Waals surface area contributed by atoms with Gasteiger partial charge in [-0.15, -0.1) is 0 Å². The van der Waals surface area contributed by atoms with Crippen LogP contribution in [0.3, 0.4) is 0 Å². The zero-order valence-electron chi connectivity index (χ0n) is 18.5. The van der Waals surface area contributed by atoms with Crippen molar-refractivity contribution in [3.05, 3.63) is 83.1 Å². The van der Waals surface area contributed by atoms with Gasteiger partial charge in [0.1, 0.15) is 23.5 Å². The maximum Gasteiger partial charge on any atom is 0.254 e. The number of carbonyl (C=O) groups is 2. The maximum atomic E-state index is 13.3. The molecule has 0 saturated carbocycles. The lowest BCUT2D eigenvalue weighted by molar-refractivity contribution is -0.132. The second-order valence-electron chi connectivity index (χ2n) is 8.54. The molecule has 3 rings (SSSR count). The quantitative estimate of drug-likeness (QED) is 0.417. The summed E-state index contributed by atoms with van der Waals surface area (Å²) in [5.74, 6) is -3.01. The summed E-state index contributed by atoms with van der Waals surface area (Å²) in [7, 11) is 0. The average Bonchev–Trinajstić information content (AvgIpc) is 3.22. The Balaban J connectivity index is 1.59. The average molecular weight is 456 g/mol. The minimum absolute atomic E-state index is 0.253. The van der Waals surface area contributed by atoms with Crippen molar-refractivity contribution in [2.24, 2.45) is 0 Å². The van der Waals surface area contributed by atoms with Gasteiger partial charge in [0.05, 0.1) is 5.69 Å². The number of anilines is 1. The van der Waals surface area contributed by atoms with Gasteiger partial charge in [-0.2, -0.15) is 5.10 Å². The molecule has 3 aromatic rings. The lowest BCUT2D eigenvalue weighted by Gasteiger charge is -2.22. The van der Waals surface area contributed by atoms with Gasteiger partial charge in [-0.05, 0) is 36.6 Å². The van der Waals surface area contributed by atoms with E-state index in [1.165, 1.54) is 6.92 Å². The van der Waals surface area contributed by atoms with Gasteiger partial charge < -0.3 is 15.7 Å². The normalized spacial score (nSPS) is 13.3. The first-order chi connectivity index (χ1) is 15.5. The molecule has 4 N–H and O–H groups in total. The van der Waals surface area contributed by atoms with Crippen LogP contribution in [0.25, 0.3) is 0 Å². The molecule has 0 aliphatic rings. The molecule has 0 aliphatic heterocycles. The van der Waals surface area contributed by atoms with Gasteiger partial charge in [-0.25, -0.2) is 8.78 Å². The van der Waals surface area contributed by atoms with Crippen LogP contribution in [0.5, 0.6) is 0 Å². The third kappa shape index (κ3) is 6.23. The van der Waals surface area contributed by atoms with Gasteiger partial charge >= 0.3 is 0 Å². The third-order valence-electron chi connectivity index (χ3n) is 5.22. The van der Waals surface area contributed by atoms with Crippen LogP contribution in [0.2, 0.25) is 0 Å². The van der Waals surface area contributed by atoms with Crippen LogP contribution >= 0.6 is 0 Å². The van der Waals surface area contributed by atoms with Crippen LogP contribution in [-0.2, 0) is 21.4 Å². The van der Waals surface area contributed by atoms with Crippen molar-refractivity contribution < 1.29 is 23.5 Å². The standard InChI is InChI=1S/C24H26F2N4O3/c1-14(27-23(33)21(31)16-9-17(25)11-18(26)10-16)22(32)28-20-12-19(29-30-20)24(2,3)13-15-7-5-4-6-8-15/h4-12,14,21,31H,13H2,1-3H3,(H,27,33)(H2,28,29,30,32)/t14?,21-/m0/s1. The second-order valence-corrected chi connectivity index (χ2v) is 8.54. The Morgan fingerprint density at radius 2 is 1.70 bits per heavy atom. The number of nitrogens with zero attached hydrogens (tertiary/aromatic N) is 1. The predicted molar refractivity (Wildman–Crippen MR) is 119 cm³/mol. The molecule has 2 atom stereocenters. The smallest absolute Gasteiger partial charge is 0.254 e. The minimum atomic E-state index is -1.83. The number of aromatic amines is 1. The van der Waals surface area contributed by atoms with Crippen molar-refractivity contribution in [3.63, 3.8) is 0 Å². The first kappa shape index (κ1) is 24.1. The van der Waals surface area contributed by atoms with E-state index in [1.807, 2.05) is 44.2 Å². The number of nitrogens with one attached hydrogen (secondary N) is 3. The van der Waals surface area contributed by atoms with Crippen molar-refractivity contribution in [1.29, 1.82) is 0 Å². The Labute approximate surface area is 190 Å². The molecule has 174 valence electrons. The summed E-state index contributed by atoms with van der Waals surface area (Å²) in [6.07, 6.45) is -1.08. The number of carbonyl (C=O) groups excluding carboxylic acids is 2. The summed E-state index contributed by atoms with van der Waals surface area (Å²) in [5, 5.41) is 22.1. The molecule has 9 heteroatoms. The summed E-state index contributed by atoms with van der Waals surface area (Å²) < 4.78 is 26.7. The highest BCUT2D eigenvalue weighted by molar-refractivity contribution is 5.97. The molecule has 0 saturated heterocycles. The van der Waals surface area contributed by atoms with Crippen molar-refractivity contribution >= 4 is 17.6 Å². The largest absolute Gasteiger partial charge is 0.378 e. The highest BCUT2D eigenvalue weighted by Gasteiger charge is 2.26. The third-order valence-corrected chi connectivity index (χ3v) is 5.22.